The number of aromatic nitrogens is 6. The van der Waals surface area contributed by atoms with E-state index < -0.39 is 25.6 Å². The first-order valence-corrected chi connectivity index (χ1v) is 10.7. The number of aliphatic hydroxyl groups is 1. The van der Waals surface area contributed by atoms with Crippen LogP contribution in [0.25, 0.3) is 33.2 Å². The maximum Gasteiger partial charge on any atom is 0.258 e. The Morgan fingerprint density at radius 2 is 2.18 bits per heavy atom. The molecule has 0 amide bonds. The number of alkyl halides is 2. The second-order valence-electron chi connectivity index (χ2n) is 8.66. The molecule has 3 heterocycles. The molecule has 0 radical (unpaired) electrons. The van der Waals surface area contributed by atoms with Crippen molar-refractivity contribution in [3.8, 4) is 17.0 Å². The van der Waals surface area contributed by atoms with E-state index in [-0.39, 0.29) is 17.9 Å². The van der Waals surface area contributed by atoms with Crippen molar-refractivity contribution < 1.29 is 22.7 Å². The Balaban J connectivity index is 1.54. The Labute approximate surface area is 192 Å². The first-order valence-electron chi connectivity index (χ1n) is 12.2. The lowest BCUT2D eigenvalue weighted by Crippen LogP contribution is -2.36. The lowest BCUT2D eigenvalue weighted by Gasteiger charge is -2.33. The van der Waals surface area contributed by atoms with Crippen LogP contribution in [0.5, 0.6) is 5.88 Å². The third kappa shape index (κ3) is 4.20. The second kappa shape index (κ2) is 8.22. The normalized spacial score (nSPS) is 22.9. The van der Waals surface area contributed by atoms with Crippen LogP contribution in [0.15, 0.2) is 24.4 Å². The number of fused-ring (bicyclic) bond motifs is 2. The van der Waals surface area contributed by atoms with Crippen LogP contribution in [-0.2, 0) is 6.54 Å². The van der Waals surface area contributed by atoms with Gasteiger partial charge in [-0.1, -0.05) is 11.3 Å². The third-order valence-electron chi connectivity index (χ3n) is 6.13. The largest absolute Gasteiger partial charge is 0.480 e. The summed E-state index contributed by atoms with van der Waals surface area (Å²) in [5, 5.41) is 21.5. The van der Waals surface area contributed by atoms with Crippen LogP contribution >= 0.6 is 0 Å². The Kier molecular flexibility index (Phi) is 4.51. The van der Waals surface area contributed by atoms with Gasteiger partial charge in [0.1, 0.15) is 17.7 Å². The summed E-state index contributed by atoms with van der Waals surface area (Å²) in [6, 6.07) is 5.05. The molecule has 5 rings (SSSR count). The summed E-state index contributed by atoms with van der Waals surface area (Å²) in [7, 11) is -2.76. The summed E-state index contributed by atoms with van der Waals surface area (Å²) in [6.07, 6.45) is 1.70. The molecular weight excluding hydrogens is 432 g/mol. The smallest absolute Gasteiger partial charge is 0.258 e. The summed E-state index contributed by atoms with van der Waals surface area (Å²) in [4.78, 5) is 11.9. The van der Waals surface area contributed by atoms with Gasteiger partial charge in [-0.2, -0.15) is 9.97 Å². The number of halogens is 2. The zero-order chi connectivity index (χ0) is 25.7. The maximum absolute atomic E-state index is 13.0. The van der Waals surface area contributed by atoms with Crippen molar-refractivity contribution in [2.45, 2.75) is 57.2 Å². The molecule has 1 fully saturated rings. The summed E-state index contributed by atoms with van der Waals surface area (Å²) < 4.78 is 55.2. The zero-order valence-corrected chi connectivity index (χ0v) is 17.8. The number of nitrogens with one attached hydrogen (secondary N) is 2. The van der Waals surface area contributed by atoms with Gasteiger partial charge in [-0.3, -0.25) is 0 Å². The van der Waals surface area contributed by atoms with E-state index in [9.17, 15) is 13.9 Å². The number of benzene rings is 1. The fourth-order valence-corrected chi connectivity index (χ4v) is 4.33. The first-order chi connectivity index (χ1) is 17.0. The highest BCUT2D eigenvalue weighted by molar-refractivity contribution is 5.99. The van der Waals surface area contributed by atoms with E-state index in [2.05, 4.69) is 30.6 Å². The fraction of sp³-hybridized carbons (Fsp3) is 0.455. The zero-order valence-electron chi connectivity index (χ0n) is 20.8. The molecule has 0 aliphatic heterocycles. The van der Waals surface area contributed by atoms with Crippen LogP contribution in [0.4, 0.5) is 14.7 Å². The van der Waals surface area contributed by atoms with Crippen molar-refractivity contribution in [3.63, 3.8) is 0 Å². The van der Waals surface area contributed by atoms with E-state index in [1.165, 1.54) is 0 Å². The number of hydrogen-bond donors (Lipinski definition) is 3. The Morgan fingerprint density at radius 3 is 2.94 bits per heavy atom. The Bertz CT molecular complexity index is 1390. The van der Waals surface area contributed by atoms with Crippen LogP contribution < -0.4 is 10.1 Å². The number of anilines is 1. The van der Waals surface area contributed by atoms with Crippen molar-refractivity contribution in [3.05, 3.63) is 24.4 Å². The highest BCUT2D eigenvalue weighted by atomic mass is 19.3. The average molecular weight is 461 g/mol. The summed E-state index contributed by atoms with van der Waals surface area (Å²) in [6.45, 7) is 1.21. The van der Waals surface area contributed by atoms with Crippen LogP contribution in [0, 0.1) is 0 Å². The molecule has 3 N–H and O–H groups in total. The molecule has 0 saturated heterocycles. The number of nitrogens with zero attached hydrogens (tertiary/aromatic N) is 5. The number of hydrogen-bond acceptors (Lipinski definition) is 7. The minimum absolute atomic E-state index is 0.0164. The molecule has 9 nitrogen and oxygen atoms in total. The highest BCUT2D eigenvalue weighted by Gasteiger charge is 2.29. The van der Waals surface area contributed by atoms with Crippen molar-refractivity contribution in [2.75, 3.05) is 12.4 Å². The van der Waals surface area contributed by atoms with Gasteiger partial charge < -0.3 is 20.1 Å². The number of rotatable bonds is 6. The molecule has 174 valence electrons. The molecule has 3 aromatic heterocycles. The quantitative estimate of drug-likeness (QED) is 0.402. The highest BCUT2D eigenvalue weighted by Crippen LogP contribution is 2.36. The molecule has 33 heavy (non-hydrogen) atoms. The van der Waals surface area contributed by atoms with Gasteiger partial charge >= 0.3 is 0 Å². The van der Waals surface area contributed by atoms with Gasteiger partial charge in [-0.25, -0.2) is 13.5 Å². The average Bonchev–Trinajstić information content (AvgIpc) is 3.38. The van der Waals surface area contributed by atoms with E-state index >= 15 is 0 Å². The lowest BCUT2D eigenvalue weighted by atomic mass is 9.84. The number of H-pyrrole nitrogens is 1. The van der Waals surface area contributed by atoms with Crippen LogP contribution in [0.2, 0.25) is 0 Å². The molecule has 0 atom stereocenters. The molecule has 4 aromatic rings. The minimum atomic E-state index is -2.76. The number of aromatic amines is 1. The Hall–Kier alpha value is -3.34. The predicted molar refractivity (Wildman–Crippen MR) is 119 cm³/mol. The van der Waals surface area contributed by atoms with Crippen LogP contribution in [0.1, 0.15) is 36.7 Å². The molecule has 0 unspecified atom stereocenters. The molecule has 11 heteroatoms. The van der Waals surface area contributed by atoms with Gasteiger partial charge in [0.15, 0.2) is 0 Å². The second-order valence-corrected chi connectivity index (χ2v) is 8.66. The van der Waals surface area contributed by atoms with Crippen molar-refractivity contribution >= 4 is 28.0 Å². The number of methoxy groups -OCH3 is 1. The standard InChI is InChI=1S/C22H25F2N7O2/c1-22(32)7-5-13(6-8-22)26-21-27-19-18(20(28-21)33-2)14(10-25-19)12-3-4-15-16(9-12)31(30-29-15)11-17(23)24/h3-4,9-10,13,17,32H,5-8,11H2,1-2H3,(H2,25,26,27,28)/i2D3. The van der Waals surface area contributed by atoms with Gasteiger partial charge in [-0.05, 0) is 50.3 Å². The summed E-state index contributed by atoms with van der Waals surface area (Å²) in [5.74, 6) is 0.0669. The first kappa shape index (κ1) is 18.1. The van der Waals surface area contributed by atoms with Gasteiger partial charge in [0.05, 0.1) is 27.7 Å². The minimum Gasteiger partial charge on any atom is -0.480 e. The molecule has 1 saturated carbocycles. The van der Waals surface area contributed by atoms with Gasteiger partial charge in [0.25, 0.3) is 6.43 Å². The molecule has 0 bridgehead atoms. The molecular formula is C22H25F2N7O2. The van der Waals surface area contributed by atoms with Crippen LogP contribution in [-0.4, -0.2) is 60.2 Å². The van der Waals surface area contributed by atoms with E-state index in [4.69, 9.17) is 8.85 Å². The molecule has 1 aromatic carbocycles. The monoisotopic (exact) mass is 460 g/mol. The Morgan fingerprint density at radius 1 is 1.36 bits per heavy atom. The molecule has 1 aliphatic carbocycles. The summed E-state index contributed by atoms with van der Waals surface area (Å²) in [5.41, 5.74) is 1.65. The SMILES string of the molecule is [2H]C([2H])([2H])Oc1nc(NC2CCC(C)(O)CC2)nc2[nH]cc(-c3ccc4nnn(CC(F)F)c4c3)c12. The fourth-order valence-electron chi connectivity index (χ4n) is 4.33. The topological polar surface area (TPSA) is 114 Å². The van der Waals surface area contributed by atoms with Crippen molar-refractivity contribution in [1.82, 2.24) is 29.9 Å². The predicted octanol–water partition coefficient (Wildman–Crippen LogP) is 3.75. The van der Waals surface area contributed by atoms with Crippen LogP contribution in [0.3, 0.4) is 0 Å². The van der Waals surface area contributed by atoms with E-state index in [1.807, 2.05) is 6.92 Å². The van der Waals surface area contributed by atoms with Gasteiger partial charge in [0.2, 0.25) is 11.8 Å². The van der Waals surface area contributed by atoms with E-state index in [1.54, 1.807) is 24.4 Å². The lowest BCUT2D eigenvalue weighted by molar-refractivity contribution is 0.0195. The molecule has 0 spiro atoms. The van der Waals surface area contributed by atoms with Crippen molar-refractivity contribution in [1.29, 1.82) is 0 Å². The van der Waals surface area contributed by atoms with E-state index in [0.717, 1.165) is 4.68 Å². The molecule has 1 aliphatic rings. The van der Waals surface area contributed by atoms with E-state index in [0.29, 0.717) is 58.9 Å². The van der Waals surface area contributed by atoms with Gasteiger partial charge in [-0.15, -0.1) is 5.10 Å². The summed E-state index contributed by atoms with van der Waals surface area (Å²) >= 11 is 0. The van der Waals surface area contributed by atoms with Gasteiger partial charge in [0, 0.05) is 17.8 Å². The van der Waals surface area contributed by atoms with Crippen molar-refractivity contribution in [2.24, 2.45) is 0 Å². The maximum atomic E-state index is 13.0. The third-order valence-corrected chi connectivity index (χ3v) is 6.13. The number of ether oxygens (including phenoxy) is 1.